The Morgan fingerprint density at radius 2 is 1.26 bits per heavy atom. The number of aryl methyl sites for hydroxylation is 3. The molecule has 4 nitrogen and oxygen atoms in total. The molecule has 27 heavy (non-hydrogen) atoms. The summed E-state index contributed by atoms with van der Waals surface area (Å²) in [7, 11) is -4.71. The molecule has 3 aromatic carbocycles. The minimum Gasteiger partial charge on any atom is -0.403 e. The molecular formula is C22H23O4P. The molecule has 0 fully saturated rings. The largest absolute Gasteiger partial charge is 0.524 e. The maximum atomic E-state index is 11.7. The van der Waals surface area contributed by atoms with Gasteiger partial charge in [-0.05, 0) is 55.5 Å². The Labute approximate surface area is 159 Å². The van der Waals surface area contributed by atoms with Crippen molar-refractivity contribution in [2.75, 3.05) is 0 Å². The fourth-order valence-corrected chi connectivity index (χ4v) is 3.55. The molecule has 2 N–H and O–H groups in total. The van der Waals surface area contributed by atoms with E-state index < -0.39 is 7.82 Å². The van der Waals surface area contributed by atoms with Crippen molar-refractivity contribution in [3.05, 3.63) is 76.9 Å². The van der Waals surface area contributed by atoms with Crippen molar-refractivity contribution in [2.45, 2.75) is 27.7 Å². The third-order valence-electron chi connectivity index (χ3n) is 4.70. The highest BCUT2D eigenvalue weighted by Gasteiger charge is 2.24. The molecule has 0 unspecified atom stereocenters. The Hall–Kier alpha value is -2.39. The first-order valence-corrected chi connectivity index (χ1v) is 10.2. The van der Waals surface area contributed by atoms with Crippen LogP contribution in [0.2, 0.25) is 0 Å². The van der Waals surface area contributed by atoms with Crippen LogP contribution in [0.3, 0.4) is 0 Å². The van der Waals surface area contributed by atoms with E-state index in [-0.39, 0.29) is 5.75 Å². The van der Waals surface area contributed by atoms with Crippen molar-refractivity contribution in [1.82, 2.24) is 0 Å². The molecule has 0 heterocycles. The normalized spacial score (nSPS) is 11.5. The highest BCUT2D eigenvalue weighted by Crippen LogP contribution is 2.48. The standard InChI is InChI=1S/C22H23O4P/c1-14-5-9-18(10-6-14)20-13-16(3)17(4)22(26-27(23,24)25)21(20)19-11-7-15(2)8-12-19/h5-13H,1-4H3,(H2,23,24,25). The molecule has 5 heteroatoms. The van der Waals surface area contributed by atoms with Gasteiger partial charge in [0.2, 0.25) is 0 Å². The zero-order valence-electron chi connectivity index (χ0n) is 15.9. The summed E-state index contributed by atoms with van der Waals surface area (Å²) in [6.07, 6.45) is 0. The van der Waals surface area contributed by atoms with Crippen molar-refractivity contribution >= 4 is 7.82 Å². The Morgan fingerprint density at radius 3 is 1.74 bits per heavy atom. The van der Waals surface area contributed by atoms with Gasteiger partial charge in [0.1, 0.15) is 5.75 Å². The molecular weight excluding hydrogens is 359 g/mol. The van der Waals surface area contributed by atoms with Crippen LogP contribution in [-0.2, 0) is 4.57 Å². The van der Waals surface area contributed by atoms with Crippen molar-refractivity contribution in [2.24, 2.45) is 0 Å². The molecule has 0 bridgehead atoms. The lowest BCUT2D eigenvalue weighted by Gasteiger charge is -2.21. The number of rotatable bonds is 4. The van der Waals surface area contributed by atoms with Gasteiger partial charge in [-0.1, -0.05) is 65.7 Å². The molecule has 3 rings (SSSR count). The molecule has 3 aromatic rings. The second-order valence-electron chi connectivity index (χ2n) is 6.88. The summed E-state index contributed by atoms with van der Waals surface area (Å²) < 4.78 is 16.8. The minimum absolute atomic E-state index is 0.225. The Morgan fingerprint density at radius 1 is 0.778 bits per heavy atom. The molecule has 0 spiro atoms. The lowest BCUT2D eigenvalue weighted by molar-refractivity contribution is 0.283. The third kappa shape index (κ3) is 4.30. The average molecular weight is 382 g/mol. The summed E-state index contributed by atoms with van der Waals surface area (Å²) in [5, 5.41) is 0. The molecule has 0 aliphatic rings. The monoisotopic (exact) mass is 382 g/mol. The van der Waals surface area contributed by atoms with E-state index >= 15 is 0 Å². The number of phosphoric ester groups is 1. The SMILES string of the molecule is Cc1ccc(-c2cc(C)c(C)c(OP(=O)(O)O)c2-c2ccc(C)cc2)cc1. The van der Waals surface area contributed by atoms with Crippen molar-refractivity contribution in [1.29, 1.82) is 0 Å². The molecule has 0 atom stereocenters. The summed E-state index contributed by atoms with van der Waals surface area (Å²) in [6.45, 7) is 7.75. The lowest BCUT2D eigenvalue weighted by atomic mass is 9.89. The van der Waals surface area contributed by atoms with E-state index in [1.54, 1.807) is 0 Å². The second kappa shape index (κ2) is 7.32. The highest BCUT2D eigenvalue weighted by molar-refractivity contribution is 7.46. The summed E-state index contributed by atoms with van der Waals surface area (Å²) in [5.41, 5.74) is 7.26. The number of phosphoric acid groups is 1. The van der Waals surface area contributed by atoms with Crippen LogP contribution in [0.1, 0.15) is 22.3 Å². The number of hydrogen-bond acceptors (Lipinski definition) is 2. The molecule has 0 saturated carbocycles. The van der Waals surface area contributed by atoms with E-state index in [9.17, 15) is 14.4 Å². The van der Waals surface area contributed by atoms with Crippen LogP contribution < -0.4 is 4.52 Å². The van der Waals surface area contributed by atoms with E-state index in [0.29, 0.717) is 11.1 Å². The van der Waals surface area contributed by atoms with Gasteiger partial charge in [-0.15, -0.1) is 0 Å². The van der Waals surface area contributed by atoms with Gasteiger partial charge in [0.05, 0.1) is 0 Å². The smallest absolute Gasteiger partial charge is 0.403 e. The van der Waals surface area contributed by atoms with Gasteiger partial charge in [-0.2, -0.15) is 0 Å². The van der Waals surface area contributed by atoms with Crippen LogP contribution in [0, 0.1) is 27.7 Å². The van der Waals surface area contributed by atoms with E-state index in [4.69, 9.17) is 4.52 Å². The summed E-state index contributed by atoms with van der Waals surface area (Å²) in [5.74, 6) is 0.225. The fraction of sp³-hybridized carbons (Fsp3) is 0.182. The molecule has 0 aliphatic carbocycles. The average Bonchev–Trinajstić information content (AvgIpc) is 2.59. The molecule has 0 aliphatic heterocycles. The molecule has 140 valence electrons. The maximum absolute atomic E-state index is 11.7. The van der Waals surface area contributed by atoms with Crippen LogP contribution >= 0.6 is 7.82 Å². The predicted molar refractivity (Wildman–Crippen MR) is 109 cm³/mol. The van der Waals surface area contributed by atoms with E-state index in [1.807, 2.05) is 82.3 Å². The van der Waals surface area contributed by atoms with E-state index in [1.165, 1.54) is 0 Å². The second-order valence-corrected chi connectivity index (χ2v) is 8.05. The molecule has 0 amide bonds. The lowest BCUT2D eigenvalue weighted by Crippen LogP contribution is -2.00. The maximum Gasteiger partial charge on any atom is 0.524 e. The van der Waals surface area contributed by atoms with Gasteiger partial charge in [0, 0.05) is 5.56 Å². The first-order valence-electron chi connectivity index (χ1n) is 8.69. The first kappa shape index (κ1) is 19.4. The Balaban J connectivity index is 2.36. The van der Waals surface area contributed by atoms with Gasteiger partial charge in [-0.25, -0.2) is 4.57 Å². The van der Waals surface area contributed by atoms with Crippen molar-refractivity contribution in [3.8, 4) is 28.0 Å². The number of hydrogen-bond donors (Lipinski definition) is 2. The van der Waals surface area contributed by atoms with Crippen LogP contribution in [-0.4, -0.2) is 9.79 Å². The quantitative estimate of drug-likeness (QED) is 0.566. The molecule has 0 radical (unpaired) electrons. The predicted octanol–water partition coefficient (Wildman–Crippen LogP) is 5.73. The summed E-state index contributed by atoms with van der Waals surface area (Å²) in [4.78, 5) is 19.0. The van der Waals surface area contributed by atoms with Crippen LogP contribution in [0.15, 0.2) is 54.6 Å². The molecule has 0 aromatic heterocycles. The van der Waals surface area contributed by atoms with Gasteiger partial charge in [-0.3, -0.25) is 9.79 Å². The van der Waals surface area contributed by atoms with Crippen LogP contribution in [0.4, 0.5) is 0 Å². The Kier molecular flexibility index (Phi) is 5.25. The van der Waals surface area contributed by atoms with Gasteiger partial charge in [0.25, 0.3) is 0 Å². The van der Waals surface area contributed by atoms with Gasteiger partial charge >= 0.3 is 7.82 Å². The van der Waals surface area contributed by atoms with Gasteiger partial charge in [0.15, 0.2) is 0 Å². The van der Waals surface area contributed by atoms with E-state index in [0.717, 1.165) is 33.4 Å². The third-order valence-corrected chi connectivity index (χ3v) is 5.12. The van der Waals surface area contributed by atoms with Gasteiger partial charge < -0.3 is 4.52 Å². The highest BCUT2D eigenvalue weighted by atomic mass is 31.2. The van der Waals surface area contributed by atoms with Crippen LogP contribution in [0.25, 0.3) is 22.3 Å². The van der Waals surface area contributed by atoms with Crippen molar-refractivity contribution < 1.29 is 18.9 Å². The zero-order chi connectivity index (χ0) is 19.8. The topological polar surface area (TPSA) is 66.8 Å². The first-order chi connectivity index (χ1) is 12.7. The Bertz CT molecular complexity index is 1020. The summed E-state index contributed by atoms with van der Waals surface area (Å²) >= 11 is 0. The summed E-state index contributed by atoms with van der Waals surface area (Å²) in [6, 6.07) is 18.0. The fourth-order valence-electron chi connectivity index (χ4n) is 3.09. The number of benzene rings is 3. The zero-order valence-corrected chi connectivity index (χ0v) is 16.7. The van der Waals surface area contributed by atoms with Crippen LogP contribution in [0.5, 0.6) is 5.75 Å². The van der Waals surface area contributed by atoms with Crippen molar-refractivity contribution in [3.63, 3.8) is 0 Å². The molecule has 0 saturated heterocycles. The minimum atomic E-state index is -4.71. The van der Waals surface area contributed by atoms with E-state index in [2.05, 4.69) is 0 Å².